The van der Waals surface area contributed by atoms with E-state index < -0.39 is 38.7 Å². The maximum atomic E-state index is 13.2. The minimum Gasteiger partial charge on any atom is -0.450 e. The molecule has 1 amide bonds. The van der Waals surface area contributed by atoms with E-state index in [0.717, 1.165) is 0 Å². The number of alkyl halides is 3. The largest absolute Gasteiger partial charge is 0.475 e. The van der Waals surface area contributed by atoms with Crippen LogP contribution in [0.15, 0.2) is 25.3 Å². The number of hydrogen-bond acceptors (Lipinski definition) is 6. The molecule has 0 saturated heterocycles. The maximum absolute atomic E-state index is 13.2. The molecule has 0 aliphatic carbocycles. The smallest absolute Gasteiger partial charge is 0.450 e. The normalized spacial score (nSPS) is 14.4. The van der Waals surface area contributed by atoms with Crippen LogP contribution in [0, 0.1) is 0 Å². The lowest BCUT2D eigenvalue weighted by atomic mass is 10.1. The van der Waals surface area contributed by atoms with E-state index in [4.69, 9.17) is 9.05 Å². The molecule has 0 aliphatic rings. The fourth-order valence-corrected chi connectivity index (χ4v) is 2.82. The summed E-state index contributed by atoms with van der Waals surface area (Å²) in [6, 6.07) is -0.974. The van der Waals surface area contributed by atoms with E-state index in [1.54, 1.807) is 6.92 Å². The number of hydrogen-bond donors (Lipinski definition) is 1. The van der Waals surface area contributed by atoms with Crippen LogP contribution >= 0.6 is 7.82 Å². The highest BCUT2D eigenvalue weighted by Crippen LogP contribution is 2.53. The molecule has 0 bridgehead atoms. The van der Waals surface area contributed by atoms with Crippen molar-refractivity contribution in [2.75, 3.05) is 19.8 Å². The Kier molecular flexibility index (Phi) is 10.7. The van der Waals surface area contributed by atoms with Gasteiger partial charge in [-0.1, -0.05) is 12.2 Å². The summed E-state index contributed by atoms with van der Waals surface area (Å²) in [6.07, 6.45) is -6.59. The Morgan fingerprint density at radius 1 is 1.24 bits per heavy atom. The zero-order valence-electron chi connectivity index (χ0n) is 14.1. The quantitative estimate of drug-likeness (QED) is 0.402. The SMILES string of the molecule is C=CCOP(=O)(OCC=C)OC(CC(C)NC(=O)OCC)C(F)(F)F. The van der Waals surface area contributed by atoms with Gasteiger partial charge in [0, 0.05) is 12.5 Å². The van der Waals surface area contributed by atoms with Crippen LogP contribution in [0.4, 0.5) is 18.0 Å². The standard InChI is InChI=1S/C14H23F3NO6P/c1-5-8-22-25(20,23-9-6-2)24-12(14(15,16)17)10-11(4)18-13(19)21-7-3/h5-6,11-12H,1-2,7-10H2,3-4H3,(H,18,19). The number of carbonyl (C=O) groups excluding carboxylic acids is 1. The number of phosphoric ester groups is 1. The molecule has 146 valence electrons. The van der Waals surface area contributed by atoms with E-state index in [1.165, 1.54) is 19.1 Å². The Labute approximate surface area is 144 Å². The molecule has 2 atom stereocenters. The van der Waals surface area contributed by atoms with Crippen molar-refractivity contribution in [2.45, 2.75) is 38.6 Å². The van der Waals surface area contributed by atoms with Gasteiger partial charge in [0.2, 0.25) is 0 Å². The monoisotopic (exact) mass is 389 g/mol. The van der Waals surface area contributed by atoms with Gasteiger partial charge in [-0.25, -0.2) is 9.36 Å². The van der Waals surface area contributed by atoms with E-state index >= 15 is 0 Å². The zero-order valence-corrected chi connectivity index (χ0v) is 15.0. The lowest BCUT2D eigenvalue weighted by Gasteiger charge is -2.27. The highest BCUT2D eigenvalue weighted by atomic mass is 31.2. The molecular formula is C14H23F3NO6P. The van der Waals surface area contributed by atoms with E-state index in [2.05, 4.69) is 27.7 Å². The Morgan fingerprint density at radius 3 is 2.16 bits per heavy atom. The molecule has 0 heterocycles. The molecule has 0 fully saturated rings. The topological polar surface area (TPSA) is 83.1 Å². The Morgan fingerprint density at radius 2 is 1.76 bits per heavy atom. The number of alkyl carbamates (subject to hydrolysis) is 1. The van der Waals surface area contributed by atoms with Gasteiger partial charge in [-0.15, -0.1) is 13.2 Å². The first-order valence-corrected chi connectivity index (χ1v) is 8.83. The highest BCUT2D eigenvalue weighted by molar-refractivity contribution is 7.48. The Bertz CT molecular complexity index is 470. The van der Waals surface area contributed by atoms with Crippen LogP contribution in [0.25, 0.3) is 0 Å². The number of ether oxygens (including phenoxy) is 1. The van der Waals surface area contributed by atoms with Crippen molar-refractivity contribution in [1.29, 1.82) is 0 Å². The van der Waals surface area contributed by atoms with Gasteiger partial charge < -0.3 is 10.1 Å². The van der Waals surface area contributed by atoms with E-state index in [0.29, 0.717) is 0 Å². The molecule has 25 heavy (non-hydrogen) atoms. The number of amides is 1. The lowest BCUT2D eigenvalue weighted by Crippen LogP contribution is -2.41. The van der Waals surface area contributed by atoms with Gasteiger partial charge in [-0.2, -0.15) is 13.2 Å². The fraction of sp³-hybridized carbons (Fsp3) is 0.643. The molecule has 0 aromatic heterocycles. The van der Waals surface area contributed by atoms with Crippen molar-refractivity contribution in [3.05, 3.63) is 25.3 Å². The van der Waals surface area contributed by atoms with Crippen LogP contribution in [0.5, 0.6) is 0 Å². The van der Waals surface area contributed by atoms with Gasteiger partial charge in [0.25, 0.3) is 0 Å². The number of nitrogens with one attached hydrogen (secondary N) is 1. The number of halogens is 3. The van der Waals surface area contributed by atoms with Crippen molar-refractivity contribution in [3.8, 4) is 0 Å². The van der Waals surface area contributed by atoms with Gasteiger partial charge in [-0.3, -0.25) is 13.6 Å². The van der Waals surface area contributed by atoms with Crippen molar-refractivity contribution >= 4 is 13.9 Å². The second kappa shape index (κ2) is 11.3. The van der Waals surface area contributed by atoms with Crippen LogP contribution in [0.3, 0.4) is 0 Å². The second-order valence-corrected chi connectivity index (χ2v) is 6.37. The van der Waals surface area contributed by atoms with Gasteiger partial charge >= 0.3 is 20.1 Å². The van der Waals surface area contributed by atoms with Gasteiger partial charge in [0.05, 0.1) is 19.8 Å². The summed E-state index contributed by atoms with van der Waals surface area (Å²) in [6.45, 7) is 8.88. The van der Waals surface area contributed by atoms with Crippen LogP contribution in [-0.2, 0) is 22.9 Å². The molecule has 0 spiro atoms. The number of carbonyl (C=O) groups is 1. The highest BCUT2D eigenvalue weighted by Gasteiger charge is 2.47. The van der Waals surface area contributed by atoms with Crippen LogP contribution in [-0.4, -0.2) is 44.2 Å². The van der Waals surface area contributed by atoms with Crippen LogP contribution < -0.4 is 5.32 Å². The predicted molar refractivity (Wildman–Crippen MR) is 85.1 cm³/mol. The summed E-state index contributed by atoms with van der Waals surface area (Å²) in [7, 11) is -4.51. The molecule has 0 saturated carbocycles. The predicted octanol–water partition coefficient (Wildman–Crippen LogP) is 3.97. The van der Waals surface area contributed by atoms with Crippen molar-refractivity contribution in [3.63, 3.8) is 0 Å². The molecule has 11 heteroatoms. The van der Waals surface area contributed by atoms with Crippen LogP contribution in [0.1, 0.15) is 20.3 Å². The molecule has 0 radical (unpaired) electrons. The van der Waals surface area contributed by atoms with Gasteiger partial charge in [-0.05, 0) is 13.8 Å². The van der Waals surface area contributed by atoms with Crippen LogP contribution in [0.2, 0.25) is 0 Å². The molecule has 0 aromatic carbocycles. The molecular weight excluding hydrogens is 366 g/mol. The first-order valence-electron chi connectivity index (χ1n) is 7.37. The summed E-state index contributed by atoms with van der Waals surface area (Å²) < 4.78 is 70.6. The molecule has 7 nitrogen and oxygen atoms in total. The van der Waals surface area contributed by atoms with Crippen molar-refractivity contribution in [1.82, 2.24) is 5.32 Å². The first kappa shape index (κ1) is 23.6. The minimum atomic E-state index is -4.87. The molecule has 0 rings (SSSR count). The number of phosphoric acid groups is 1. The van der Waals surface area contributed by atoms with Gasteiger partial charge in [0.15, 0.2) is 6.10 Å². The average Bonchev–Trinajstić information content (AvgIpc) is 2.49. The molecule has 0 aliphatic heterocycles. The fourth-order valence-electron chi connectivity index (χ4n) is 1.53. The lowest BCUT2D eigenvalue weighted by molar-refractivity contribution is -0.203. The summed E-state index contributed by atoms with van der Waals surface area (Å²) in [5.74, 6) is 0. The first-order chi connectivity index (χ1) is 11.6. The summed E-state index contributed by atoms with van der Waals surface area (Å²) >= 11 is 0. The Hall–Kier alpha value is -1.35. The summed E-state index contributed by atoms with van der Waals surface area (Å²) in [4.78, 5) is 11.3. The molecule has 0 aromatic rings. The molecule has 1 N–H and O–H groups in total. The Balaban J connectivity index is 5.10. The van der Waals surface area contributed by atoms with Crippen molar-refractivity contribution in [2.24, 2.45) is 0 Å². The van der Waals surface area contributed by atoms with E-state index in [-0.39, 0.29) is 19.8 Å². The number of rotatable bonds is 12. The molecule has 2 unspecified atom stereocenters. The third-order valence-electron chi connectivity index (χ3n) is 2.53. The average molecular weight is 389 g/mol. The van der Waals surface area contributed by atoms with E-state index in [1.807, 2.05) is 0 Å². The zero-order chi connectivity index (χ0) is 19.5. The summed E-state index contributed by atoms with van der Waals surface area (Å²) in [5.41, 5.74) is 0. The second-order valence-electron chi connectivity index (χ2n) is 4.75. The van der Waals surface area contributed by atoms with Gasteiger partial charge in [0.1, 0.15) is 0 Å². The third-order valence-corrected chi connectivity index (χ3v) is 3.97. The van der Waals surface area contributed by atoms with Crippen molar-refractivity contribution < 1.29 is 40.8 Å². The maximum Gasteiger partial charge on any atom is 0.475 e. The van der Waals surface area contributed by atoms with E-state index in [9.17, 15) is 22.5 Å². The minimum absolute atomic E-state index is 0.0672. The third kappa shape index (κ3) is 10.3. The summed E-state index contributed by atoms with van der Waals surface area (Å²) in [5, 5.41) is 2.21.